The fourth-order valence-electron chi connectivity index (χ4n) is 7.66. The summed E-state index contributed by atoms with van der Waals surface area (Å²) >= 11 is 0. The Balaban J connectivity index is 1.15. The molecule has 3 aromatic rings. The van der Waals surface area contributed by atoms with Crippen molar-refractivity contribution < 1.29 is 119 Å². The fourth-order valence-corrected chi connectivity index (χ4v) is 7.66. The van der Waals surface area contributed by atoms with E-state index >= 15 is 0 Å². The van der Waals surface area contributed by atoms with Crippen LogP contribution in [0.3, 0.4) is 0 Å². The molecule has 25 heteroatoms. The molecule has 64 heavy (non-hydrogen) atoms. The van der Waals surface area contributed by atoms with E-state index in [2.05, 4.69) is 0 Å². The molecule has 0 radical (unpaired) electrons. The third-order valence-electron chi connectivity index (χ3n) is 11.4. The van der Waals surface area contributed by atoms with Crippen LogP contribution in [0.25, 0.3) is 22.3 Å². The summed E-state index contributed by atoms with van der Waals surface area (Å²) in [4.78, 5) is 14.2. The van der Waals surface area contributed by atoms with Crippen LogP contribution in [0, 0.1) is 0 Å². The van der Waals surface area contributed by atoms with Crippen molar-refractivity contribution in [2.24, 2.45) is 0 Å². The summed E-state index contributed by atoms with van der Waals surface area (Å²) in [7, 11) is 0. The van der Waals surface area contributed by atoms with Gasteiger partial charge in [0, 0.05) is 17.7 Å². The molecule has 0 saturated carbocycles. The van der Waals surface area contributed by atoms with Gasteiger partial charge < -0.3 is 119 Å². The van der Waals surface area contributed by atoms with Gasteiger partial charge in [-0.1, -0.05) is 0 Å². The van der Waals surface area contributed by atoms with E-state index in [0.717, 1.165) is 24.3 Å². The van der Waals surface area contributed by atoms with E-state index in [4.69, 9.17) is 42.3 Å². The van der Waals surface area contributed by atoms with Gasteiger partial charge in [-0.15, -0.1) is 0 Å². The standard InChI is InChI=1S/C39H50O25/c1-10-21(44)25(48)29(52)36(57-10)56-9-19-23(46)27(50)30(53)38(62-19)59-13-6-16(43)20-17(7-13)60-34(12-3-4-14(41)15(42)5-12)35(24(20)47)64-37-32(55)28(51)33(11(2)58-37)63-39-31(54)26(49)22(45)18(8-40)61-39/h3-7,10-11,18-19,21-23,25-33,36-46,48-55H,8-9H2,1-2H3/t10-,11-,18+,19+,21-,22+,23+,25-,26-,27-,28-,29-,30+,31+,32-,33-,36+,37-,38+,39-/m0/s1. The van der Waals surface area contributed by atoms with Gasteiger partial charge in [0.2, 0.25) is 23.8 Å². The van der Waals surface area contributed by atoms with Crippen LogP contribution in [-0.2, 0) is 28.4 Å². The van der Waals surface area contributed by atoms with Gasteiger partial charge in [0.1, 0.15) is 108 Å². The van der Waals surface area contributed by atoms with Gasteiger partial charge in [0.05, 0.1) is 25.4 Å². The van der Waals surface area contributed by atoms with Gasteiger partial charge in [-0.3, -0.25) is 4.79 Å². The number of hydrogen-bond acceptors (Lipinski definition) is 25. The van der Waals surface area contributed by atoms with Gasteiger partial charge >= 0.3 is 0 Å². The first-order valence-corrected chi connectivity index (χ1v) is 19.9. The third kappa shape index (κ3) is 9.06. The van der Waals surface area contributed by atoms with E-state index in [1.54, 1.807) is 0 Å². The molecule has 5 heterocycles. The molecule has 7 rings (SSSR count). The minimum Gasteiger partial charge on any atom is -0.507 e. The largest absolute Gasteiger partial charge is 0.507 e. The molecule has 20 atom stereocenters. The van der Waals surface area contributed by atoms with Crippen LogP contribution in [0.2, 0.25) is 0 Å². The van der Waals surface area contributed by atoms with Gasteiger partial charge in [0.15, 0.2) is 29.8 Å². The Morgan fingerprint density at radius 1 is 0.562 bits per heavy atom. The zero-order chi connectivity index (χ0) is 46.6. The Hall–Kier alpha value is -4.07. The zero-order valence-corrected chi connectivity index (χ0v) is 33.6. The van der Waals surface area contributed by atoms with Crippen molar-refractivity contribution in [3.05, 3.63) is 40.6 Å². The molecule has 2 aromatic carbocycles. The molecule has 0 unspecified atom stereocenters. The predicted octanol–water partition coefficient (Wildman–Crippen LogP) is -5.36. The Morgan fingerprint density at radius 2 is 1.14 bits per heavy atom. The molecule has 0 spiro atoms. The molecule has 4 saturated heterocycles. The van der Waals surface area contributed by atoms with Crippen LogP contribution in [-0.4, -0.2) is 213 Å². The lowest BCUT2D eigenvalue weighted by molar-refractivity contribution is -0.348. The van der Waals surface area contributed by atoms with E-state index < -0.39 is 181 Å². The molecule has 0 amide bonds. The molecule has 4 fully saturated rings. The van der Waals surface area contributed by atoms with Crippen LogP contribution < -0.4 is 14.9 Å². The number of aromatic hydroxyl groups is 3. The van der Waals surface area contributed by atoms with E-state index in [1.165, 1.54) is 19.9 Å². The number of phenolic OH excluding ortho intramolecular Hbond substituents is 3. The van der Waals surface area contributed by atoms with E-state index in [-0.39, 0.29) is 11.3 Å². The monoisotopic (exact) mass is 918 g/mol. The van der Waals surface area contributed by atoms with Crippen LogP contribution in [0.4, 0.5) is 0 Å². The SMILES string of the molecule is C[C@@H]1O[C@@H](OC[C@H]2O[C@@H](Oc3cc(O)c4c(=O)c(O[C@@H]5O[C@@H](C)[C@H](O[C@@H]6O[C@H](CO)[C@@H](O)[C@H](O)[C@H]6O)[C@@H](O)[C@@H]5O)c(-c5ccc(O)c(O)c5)oc4c3)[C@H](O)[C@@H](O)[C@@H]2O)[C@@H](O)[C@@H](O)[C@H]1O. The molecule has 356 valence electrons. The lowest BCUT2D eigenvalue weighted by Gasteiger charge is -2.45. The first-order chi connectivity index (χ1) is 30.2. The lowest BCUT2D eigenvalue weighted by atomic mass is 9.97. The van der Waals surface area contributed by atoms with Crippen molar-refractivity contribution in [3.63, 3.8) is 0 Å². The number of phenols is 3. The average Bonchev–Trinajstić information content (AvgIpc) is 3.26. The third-order valence-corrected chi connectivity index (χ3v) is 11.4. The topological polar surface area (TPSA) is 408 Å². The summed E-state index contributed by atoms with van der Waals surface area (Å²) < 4.78 is 50.9. The van der Waals surface area contributed by atoms with Crippen molar-refractivity contribution in [2.45, 2.75) is 137 Å². The maximum absolute atomic E-state index is 14.2. The van der Waals surface area contributed by atoms with Crippen LogP contribution in [0.5, 0.6) is 28.7 Å². The van der Waals surface area contributed by atoms with Crippen molar-refractivity contribution in [1.82, 2.24) is 0 Å². The van der Waals surface area contributed by atoms with Crippen molar-refractivity contribution in [1.29, 1.82) is 0 Å². The summed E-state index contributed by atoms with van der Waals surface area (Å²) in [6.07, 6.45) is -33.5. The number of benzene rings is 2. The number of hydrogen-bond donors (Lipinski definition) is 15. The van der Waals surface area contributed by atoms with Crippen LogP contribution in [0.15, 0.2) is 39.5 Å². The number of aliphatic hydroxyl groups excluding tert-OH is 12. The summed E-state index contributed by atoms with van der Waals surface area (Å²) in [5.41, 5.74) is -1.70. The second-order valence-corrected chi connectivity index (χ2v) is 15.9. The highest BCUT2D eigenvalue weighted by Crippen LogP contribution is 2.41. The Kier molecular flexibility index (Phi) is 14.2. The first kappa shape index (κ1) is 47.9. The normalized spacial score (nSPS) is 40.6. The zero-order valence-electron chi connectivity index (χ0n) is 33.6. The molecule has 1 aromatic heterocycles. The molecule has 15 N–H and O–H groups in total. The lowest BCUT2D eigenvalue weighted by Crippen LogP contribution is -2.64. The van der Waals surface area contributed by atoms with Gasteiger partial charge in [-0.05, 0) is 32.0 Å². The molecule has 4 aliphatic heterocycles. The fraction of sp³-hybridized carbons (Fsp3) is 0.615. The highest BCUT2D eigenvalue weighted by Gasteiger charge is 2.51. The second-order valence-electron chi connectivity index (χ2n) is 15.9. The Bertz CT molecular complexity index is 2150. The van der Waals surface area contributed by atoms with Crippen molar-refractivity contribution in [3.8, 4) is 40.1 Å². The quantitative estimate of drug-likeness (QED) is 0.0798. The van der Waals surface area contributed by atoms with Gasteiger partial charge in [0.25, 0.3) is 0 Å². The molecule has 4 aliphatic rings. The summed E-state index contributed by atoms with van der Waals surface area (Å²) in [6.45, 7) is 1.35. The average molecular weight is 919 g/mol. The van der Waals surface area contributed by atoms with Crippen molar-refractivity contribution >= 4 is 11.0 Å². The minimum absolute atomic E-state index is 0.132. The summed E-state index contributed by atoms with van der Waals surface area (Å²) in [5, 5.41) is 156. The first-order valence-electron chi connectivity index (χ1n) is 19.9. The second kappa shape index (κ2) is 19.0. The predicted molar refractivity (Wildman–Crippen MR) is 204 cm³/mol. The van der Waals surface area contributed by atoms with Crippen molar-refractivity contribution in [2.75, 3.05) is 13.2 Å². The van der Waals surface area contributed by atoms with Crippen LogP contribution in [0.1, 0.15) is 13.8 Å². The van der Waals surface area contributed by atoms with Gasteiger partial charge in [-0.25, -0.2) is 0 Å². The van der Waals surface area contributed by atoms with Crippen LogP contribution >= 0.6 is 0 Å². The van der Waals surface area contributed by atoms with Gasteiger partial charge in [-0.2, -0.15) is 0 Å². The van der Waals surface area contributed by atoms with E-state index in [0.29, 0.717) is 0 Å². The number of fused-ring (bicyclic) bond motifs is 1. The molecule has 0 bridgehead atoms. The maximum atomic E-state index is 14.2. The molecular weight excluding hydrogens is 868 g/mol. The Labute approximate surface area is 360 Å². The summed E-state index contributed by atoms with van der Waals surface area (Å²) in [6, 6.07) is 5.11. The number of rotatable bonds is 11. The summed E-state index contributed by atoms with van der Waals surface area (Å²) in [5.74, 6) is -3.74. The smallest absolute Gasteiger partial charge is 0.239 e. The number of ether oxygens (including phenoxy) is 8. The van der Waals surface area contributed by atoms with E-state index in [9.17, 15) is 81.4 Å². The van der Waals surface area contributed by atoms with E-state index in [1.807, 2.05) is 0 Å². The molecule has 0 aliphatic carbocycles. The minimum atomic E-state index is -2.06. The highest BCUT2D eigenvalue weighted by molar-refractivity contribution is 5.88. The Morgan fingerprint density at radius 3 is 1.81 bits per heavy atom. The highest BCUT2D eigenvalue weighted by atomic mass is 16.7. The number of aliphatic hydroxyl groups is 12. The molecular formula is C39H50O25. The maximum Gasteiger partial charge on any atom is 0.239 e. The molecule has 25 nitrogen and oxygen atoms in total.